The number of rotatable bonds is 21. The number of nitrogens with one attached hydrogen (secondary N) is 4. The standard InChI is InChI=1S/C46H54N6O8S/c53-42(14-6-5-13-41-43-39(31-61-41)49-45(55)50-43)47-21-7-23-57-25-26-58-24-8-22-48-46(56)59-29-32-15-17-35(18-16-32)38-27-33(30-60-51-38)28-52-40-12-4-2-10-36(40)20-19-34-9-1-3-11-37(34)44(52)54/h1-4,9-12,15-18,33,39,41,43H,5-8,13-14,21-31H2,(H,47,53)(H,48,56)(H2,49,50,55)/t33?,39-,41-,43-/m0/s1. The molecule has 1 unspecified atom stereocenters. The first-order valence-electron chi connectivity index (χ1n) is 21.2. The van der Waals surface area contributed by atoms with E-state index in [1.165, 1.54) is 0 Å². The van der Waals surface area contributed by atoms with Crippen LogP contribution in [0.15, 0.2) is 78.0 Å². The molecule has 0 aromatic heterocycles. The van der Waals surface area contributed by atoms with Crippen LogP contribution in [0.4, 0.5) is 15.3 Å². The Morgan fingerprint density at radius 2 is 1.59 bits per heavy atom. The first-order chi connectivity index (χ1) is 29.9. The smallest absolute Gasteiger partial charge is 0.407 e. The van der Waals surface area contributed by atoms with Gasteiger partial charge in [-0.15, -0.1) is 0 Å². The van der Waals surface area contributed by atoms with Gasteiger partial charge < -0.3 is 45.2 Å². The molecule has 0 saturated carbocycles. The molecule has 322 valence electrons. The summed E-state index contributed by atoms with van der Waals surface area (Å²) in [7, 11) is 0. The van der Waals surface area contributed by atoms with Gasteiger partial charge in [0.05, 0.1) is 42.3 Å². The molecule has 2 fully saturated rings. The predicted octanol–water partition coefficient (Wildman–Crippen LogP) is 5.37. The third-order valence-corrected chi connectivity index (χ3v) is 12.5. The zero-order chi connectivity index (χ0) is 42.2. The zero-order valence-electron chi connectivity index (χ0n) is 34.3. The summed E-state index contributed by atoms with van der Waals surface area (Å²) < 4.78 is 16.6. The van der Waals surface area contributed by atoms with Gasteiger partial charge in [-0.25, -0.2) is 9.59 Å². The molecule has 3 aromatic carbocycles. The van der Waals surface area contributed by atoms with Crippen molar-refractivity contribution in [1.82, 2.24) is 21.3 Å². The number of oxime groups is 1. The normalized spacial score (nSPS) is 19.9. The van der Waals surface area contributed by atoms with Crippen molar-refractivity contribution in [2.24, 2.45) is 11.1 Å². The van der Waals surface area contributed by atoms with Crippen LogP contribution in [0.5, 0.6) is 0 Å². The second-order valence-electron chi connectivity index (χ2n) is 15.5. The Morgan fingerprint density at radius 3 is 2.41 bits per heavy atom. The number of urea groups is 1. The van der Waals surface area contributed by atoms with Gasteiger partial charge in [-0.3, -0.25) is 9.59 Å². The van der Waals surface area contributed by atoms with Gasteiger partial charge in [-0.1, -0.05) is 71.9 Å². The second-order valence-corrected chi connectivity index (χ2v) is 16.8. The predicted molar refractivity (Wildman–Crippen MR) is 234 cm³/mol. The van der Waals surface area contributed by atoms with Crippen molar-refractivity contribution >= 4 is 47.1 Å². The highest BCUT2D eigenvalue weighted by molar-refractivity contribution is 8.00. The Labute approximate surface area is 361 Å². The molecule has 0 bridgehead atoms. The van der Waals surface area contributed by atoms with Crippen molar-refractivity contribution in [3.8, 4) is 11.8 Å². The Balaban J connectivity index is 0.703. The van der Waals surface area contributed by atoms with E-state index in [9.17, 15) is 19.2 Å². The van der Waals surface area contributed by atoms with Crippen LogP contribution in [0.1, 0.15) is 77.6 Å². The summed E-state index contributed by atoms with van der Waals surface area (Å²) >= 11 is 1.90. The molecule has 4 aliphatic heterocycles. The highest BCUT2D eigenvalue weighted by Crippen LogP contribution is 2.33. The van der Waals surface area contributed by atoms with Gasteiger partial charge in [-0.2, -0.15) is 11.8 Å². The van der Waals surface area contributed by atoms with Gasteiger partial charge in [0.25, 0.3) is 5.91 Å². The number of ether oxygens (including phenoxy) is 3. The van der Waals surface area contributed by atoms with Crippen LogP contribution in [0.25, 0.3) is 0 Å². The number of carbonyl (C=O) groups excluding carboxylic acids is 4. The molecule has 7 rings (SSSR count). The minimum Gasteiger partial charge on any atom is -0.445 e. The van der Waals surface area contributed by atoms with Crippen LogP contribution in [0.2, 0.25) is 0 Å². The quantitative estimate of drug-likeness (QED) is 0.0626. The lowest BCUT2D eigenvalue weighted by Crippen LogP contribution is -2.39. The molecule has 0 aliphatic carbocycles. The molecule has 0 radical (unpaired) electrons. The number of thioether (sulfide) groups is 1. The fourth-order valence-corrected chi connectivity index (χ4v) is 9.29. The topological polar surface area (TPSA) is 169 Å². The molecule has 4 atom stereocenters. The number of amides is 5. The van der Waals surface area contributed by atoms with E-state index in [-0.39, 0.29) is 42.5 Å². The summed E-state index contributed by atoms with van der Waals surface area (Å²) in [6, 6.07) is 23.2. The average molecular weight is 851 g/mol. The van der Waals surface area contributed by atoms with Crippen LogP contribution in [-0.2, 0) is 30.4 Å². The number of carbonyl (C=O) groups is 4. The van der Waals surface area contributed by atoms with Crippen molar-refractivity contribution < 1.29 is 38.2 Å². The molecule has 15 heteroatoms. The van der Waals surface area contributed by atoms with Crippen LogP contribution in [0.3, 0.4) is 0 Å². The average Bonchev–Trinajstić information content (AvgIpc) is 3.84. The maximum Gasteiger partial charge on any atom is 0.407 e. The molecular weight excluding hydrogens is 797 g/mol. The molecule has 4 aliphatic rings. The number of alkyl carbamates (subject to hydrolysis) is 1. The third kappa shape index (κ3) is 12.5. The fourth-order valence-electron chi connectivity index (χ4n) is 7.74. The lowest BCUT2D eigenvalue weighted by molar-refractivity contribution is -0.121. The first-order valence-corrected chi connectivity index (χ1v) is 22.3. The molecular formula is C46H54N6O8S. The van der Waals surface area contributed by atoms with Crippen molar-refractivity contribution in [3.05, 3.63) is 101 Å². The van der Waals surface area contributed by atoms with Crippen LogP contribution in [-0.4, -0.2) is 105 Å². The van der Waals surface area contributed by atoms with Gasteiger partial charge in [-0.05, 0) is 61.1 Å². The van der Waals surface area contributed by atoms with E-state index in [0.29, 0.717) is 88.3 Å². The Kier molecular flexibility index (Phi) is 15.9. The lowest BCUT2D eigenvalue weighted by atomic mass is 9.95. The molecule has 0 spiro atoms. The number of benzene rings is 3. The second kappa shape index (κ2) is 22.3. The number of unbranched alkanes of at least 4 members (excludes halogenated alkanes) is 1. The molecule has 14 nitrogen and oxygen atoms in total. The Morgan fingerprint density at radius 1 is 0.852 bits per heavy atom. The van der Waals surface area contributed by atoms with Crippen LogP contribution < -0.4 is 26.2 Å². The number of nitrogens with zero attached hydrogens (tertiary/aromatic N) is 2. The van der Waals surface area contributed by atoms with E-state index in [4.69, 9.17) is 19.0 Å². The summed E-state index contributed by atoms with van der Waals surface area (Å²) in [5.41, 5.74) is 5.41. The van der Waals surface area contributed by atoms with E-state index < -0.39 is 6.09 Å². The molecule has 4 N–H and O–H groups in total. The summed E-state index contributed by atoms with van der Waals surface area (Å²) in [4.78, 5) is 57.3. The molecule has 61 heavy (non-hydrogen) atoms. The Hall–Kier alpha value is -5.56. The van der Waals surface area contributed by atoms with E-state index in [1.54, 1.807) is 0 Å². The van der Waals surface area contributed by atoms with E-state index >= 15 is 0 Å². The first kappa shape index (κ1) is 43.5. The third-order valence-electron chi connectivity index (χ3n) is 11.0. The highest BCUT2D eigenvalue weighted by atomic mass is 32.2. The summed E-state index contributed by atoms with van der Waals surface area (Å²) in [6.07, 6.45) is 4.82. The van der Waals surface area contributed by atoms with Crippen molar-refractivity contribution in [2.75, 3.05) is 63.3 Å². The maximum atomic E-state index is 13.9. The van der Waals surface area contributed by atoms with Gasteiger partial charge in [0.15, 0.2) is 0 Å². The fraction of sp³-hybridized carbons (Fsp3) is 0.457. The molecule has 4 heterocycles. The zero-order valence-corrected chi connectivity index (χ0v) is 35.1. The monoisotopic (exact) mass is 850 g/mol. The van der Waals surface area contributed by atoms with Gasteiger partial charge >= 0.3 is 12.1 Å². The van der Waals surface area contributed by atoms with Gasteiger partial charge in [0.2, 0.25) is 5.91 Å². The number of fused-ring (bicyclic) bond motifs is 3. The van der Waals surface area contributed by atoms with Crippen LogP contribution >= 0.6 is 11.8 Å². The summed E-state index contributed by atoms with van der Waals surface area (Å²) in [6.45, 7) is 3.88. The SMILES string of the molecule is O=C(CCCC[C@@H]1SC[C@@H]2NC(=O)N[C@@H]21)NCCCOCCOCCCNC(=O)OCc1ccc(C2=NOCC(CN3C(=O)c4ccccc4C#Cc4ccccc43)C2)cc1. The number of anilines is 1. The number of hydrogen-bond donors (Lipinski definition) is 4. The summed E-state index contributed by atoms with van der Waals surface area (Å²) in [5, 5.41) is 16.4. The summed E-state index contributed by atoms with van der Waals surface area (Å²) in [5.74, 6) is 7.35. The maximum absolute atomic E-state index is 13.9. The van der Waals surface area contributed by atoms with Crippen LogP contribution in [0, 0.1) is 17.8 Å². The highest BCUT2D eigenvalue weighted by Gasteiger charge is 2.42. The van der Waals surface area contributed by atoms with Crippen molar-refractivity contribution in [1.29, 1.82) is 0 Å². The minimum atomic E-state index is -0.499. The number of para-hydroxylation sites is 1. The lowest BCUT2D eigenvalue weighted by Gasteiger charge is -2.31. The largest absolute Gasteiger partial charge is 0.445 e. The van der Waals surface area contributed by atoms with Gasteiger partial charge in [0.1, 0.15) is 13.2 Å². The molecule has 2 saturated heterocycles. The molecule has 5 amide bonds. The Bertz CT molecular complexity index is 2090. The number of hydrogen-bond acceptors (Lipinski definition) is 10. The van der Waals surface area contributed by atoms with E-state index in [0.717, 1.165) is 59.5 Å². The van der Waals surface area contributed by atoms with Gasteiger partial charge in [0, 0.05) is 73.7 Å². The van der Waals surface area contributed by atoms with Crippen molar-refractivity contribution in [3.63, 3.8) is 0 Å². The molecule has 3 aromatic rings. The van der Waals surface area contributed by atoms with E-state index in [2.05, 4.69) is 38.3 Å². The minimum absolute atomic E-state index is 0.00634. The van der Waals surface area contributed by atoms with Crippen molar-refractivity contribution in [2.45, 2.75) is 68.9 Å². The van der Waals surface area contributed by atoms with E-state index in [1.807, 2.05) is 89.5 Å².